The van der Waals surface area contributed by atoms with Gasteiger partial charge in [-0.1, -0.05) is 13.8 Å². The van der Waals surface area contributed by atoms with Crippen LogP contribution in [0.25, 0.3) is 0 Å². The van der Waals surface area contributed by atoms with Crippen LogP contribution in [0.15, 0.2) is 0 Å². The Morgan fingerprint density at radius 2 is 2.00 bits per heavy atom. The molecular weight excluding hydrogens is 206 g/mol. The minimum absolute atomic E-state index is 0.0342. The molecule has 0 spiro atoms. The maximum atomic E-state index is 11.9. The lowest BCUT2D eigenvalue weighted by Gasteiger charge is -2.30. The van der Waals surface area contributed by atoms with E-state index in [2.05, 4.69) is 13.8 Å². The molecule has 0 aliphatic rings. The van der Waals surface area contributed by atoms with Gasteiger partial charge in [0.15, 0.2) is 0 Å². The predicted octanol–water partition coefficient (Wildman–Crippen LogP) is 1.42. The lowest BCUT2D eigenvalue weighted by Crippen LogP contribution is -2.41. The molecule has 0 unspecified atom stereocenters. The number of aliphatic hydroxyl groups excluding tert-OH is 1. The Hall–Kier alpha value is -0.610. The van der Waals surface area contributed by atoms with Crippen LogP contribution in [0.4, 0.5) is 0 Å². The predicted molar refractivity (Wildman–Crippen MR) is 64.3 cm³/mol. The topological polar surface area (TPSA) is 49.8 Å². The highest BCUT2D eigenvalue weighted by Crippen LogP contribution is 2.10. The van der Waals surface area contributed by atoms with Gasteiger partial charge >= 0.3 is 0 Å². The molecular formula is C12H25NO3. The molecule has 1 amide bonds. The molecule has 4 nitrogen and oxygen atoms in total. The number of amides is 1. The Labute approximate surface area is 98.6 Å². The van der Waals surface area contributed by atoms with Gasteiger partial charge in [0, 0.05) is 32.7 Å². The molecule has 0 aromatic carbocycles. The monoisotopic (exact) mass is 231 g/mol. The number of methoxy groups -OCH3 is 1. The molecule has 4 heteroatoms. The van der Waals surface area contributed by atoms with Crippen LogP contribution in [0.5, 0.6) is 0 Å². The number of hydrogen-bond donors (Lipinski definition) is 1. The molecule has 0 aromatic heterocycles. The molecule has 0 heterocycles. The number of rotatable bonds is 9. The Morgan fingerprint density at radius 1 is 1.38 bits per heavy atom. The SMILES string of the molecule is CCC(CC)N(CCO)C(=O)CCCOC. The first-order valence-electron chi connectivity index (χ1n) is 6.10. The molecule has 16 heavy (non-hydrogen) atoms. The average molecular weight is 231 g/mol. The normalized spacial score (nSPS) is 10.8. The van der Waals surface area contributed by atoms with Gasteiger partial charge in [-0.05, 0) is 19.3 Å². The third kappa shape index (κ3) is 5.47. The van der Waals surface area contributed by atoms with Crippen LogP contribution in [0.3, 0.4) is 0 Å². The van der Waals surface area contributed by atoms with Gasteiger partial charge in [-0.2, -0.15) is 0 Å². The van der Waals surface area contributed by atoms with Crippen LogP contribution in [-0.4, -0.2) is 48.8 Å². The van der Waals surface area contributed by atoms with Crippen molar-refractivity contribution >= 4 is 5.91 Å². The van der Waals surface area contributed by atoms with Crippen molar-refractivity contribution in [1.29, 1.82) is 0 Å². The van der Waals surface area contributed by atoms with Crippen molar-refractivity contribution in [2.75, 3.05) is 26.9 Å². The van der Waals surface area contributed by atoms with E-state index in [1.165, 1.54) is 0 Å². The van der Waals surface area contributed by atoms with Crippen LogP contribution < -0.4 is 0 Å². The molecule has 0 aliphatic heterocycles. The van der Waals surface area contributed by atoms with Gasteiger partial charge in [0.1, 0.15) is 0 Å². The standard InChI is InChI=1S/C12H25NO3/c1-4-11(5-2)13(8-9-14)12(15)7-6-10-16-3/h11,14H,4-10H2,1-3H3. The molecule has 0 aromatic rings. The molecule has 0 rings (SSSR count). The fourth-order valence-electron chi connectivity index (χ4n) is 1.86. The Bertz CT molecular complexity index is 181. The second kappa shape index (κ2) is 9.60. The first kappa shape index (κ1) is 15.4. The smallest absolute Gasteiger partial charge is 0.222 e. The van der Waals surface area contributed by atoms with E-state index in [4.69, 9.17) is 9.84 Å². The molecule has 0 radical (unpaired) electrons. The molecule has 0 fully saturated rings. The van der Waals surface area contributed by atoms with Crippen LogP contribution in [0.1, 0.15) is 39.5 Å². The van der Waals surface area contributed by atoms with Crippen molar-refractivity contribution in [3.63, 3.8) is 0 Å². The molecule has 0 bridgehead atoms. The summed E-state index contributed by atoms with van der Waals surface area (Å²) in [5.74, 6) is 0.125. The van der Waals surface area contributed by atoms with Gasteiger partial charge in [0.25, 0.3) is 0 Å². The van der Waals surface area contributed by atoms with Gasteiger partial charge in [0.05, 0.1) is 6.61 Å². The second-order valence-electron chi connectivity index (χ2n) is 3.88. The van der Waals surface area contributed by atoms with E-state index in [0.717, 1.165) is 19.3 Å². The maximum absolute atomic E-state index is 11.9. The maximum Gasteiger partial charge on any atom is 0.222 e. The number of carbonyl (C=O) groups is 1. The molecule has 0 atom stereocenters. The van der Waals surface area contributed by atoms with Gasteiger partial charge in [-0.25, -0.2) is 0 Å². The number of carbonyl (C=O) groups excluding carboxylic acids is 1. The molecule has 1 N–H and O–H groups in total. The van der Waals surface area contributed by atoms with Crippen molar-refractivity contribution in [2.45, 2.75) is 45.6 Å². The van der Waals surface area contributed by atoms with E-state index < -0.39 is 0 Å². The van der Waals surface area contributed by atoms with Crippen LogP contribution in [0.2, 0.25) is 0 Å². The second-order valence-corrected chi connectivity index (χ2v) is 3.88. The highest BCUT2D eigenvalue weighted by atomic mass is 16.5. The van der Waals surface area contributed by atoms with Gasteiger partial charge < -0.3 is 14.7 Å². The summed E-state index contributed by atoms with van der Waals surface area (Å²) in [6.45, 7) is 5.23. The minimum Gasteiger partial charge on any atom is -0.395 e. The molecule has 0 saturated heterocycles. The number of hydrogen-bond acceptors (Lipinski definition) is 3. The summed E-state index contributed by atoms with van der Waals surface area (Å²) in [5, 5.41) is 8.98. The fraction of sp³-hybridized carbons (Fsp3) is 0.917. The zero-order valence-electron chi connectivity index (χ0n) is 10.7. The average Bonchev–Trinajstić information content (AvgIpc) is 2.29. The van der Waals surface area contributed by atoms with Crippen molar-refractivity contribution in [2.24, 2.45) is 0 Å². The lowest BCUT2D eigenvalue weighted by atomic mass is 10.1. The first-order chi connectivity index (χ1) is 7.71. The zero-order valence-corrected chi connectivity index (χ0v) is 10.7. The first-order valence-corrected chi connectivity index (χ1v) is 6.10. The van der Waals surface area contributed by atoms with Crippen LogP contribution in [-0.2, 0) is 9.53 Å². The third-order valence-corrected chi connectivity index (χ3v) is 2.78. The summed E-state index contributed by atoms with van der Waals surface area (Å²) in [6.07, 6.45) is 3.13. The fourth-order valence-corrected chi connectivity index (χ4v) is 1.86. The summed E-state index contributed by atoms with van der Waals surface area (Å²) in [7, 11) is 1.64. The molecule has 0 saturated carbocycles. The molecule has 0 aliphatic carbocycles. The van der Waals surface area contributed by atoms with E-state index in [-0.39, 0.29) is 18.6 Å². The van der Waals surface area contributed by atoms with E-state index >= 15 is 0 Å². The van der Waals surface area contributed by atoms with Crippen molar-refractivity contribution in [1.82, 2.24) is 4.90 Å². The number of ether oxygens (including phenoxy) is 1. The number of nitrogens with zero attached hydrogens (tertiary/aromatic N) is 1. The number of aliphatic hydroxyl groups is 1. The van der Waals surface area contributed by atoms with Gasteiger partial charge in [-0.15, -0.1) is 0 Å². The van der Waals surface area contributed by atoms with E-state index in [1.807, 2.05) is 0 Å². The van der Waals surface area contributed by atoms with Crippen molar-refractivity contribution < 1.29 is 14.6 Å². The summed E-state index contributed by atoms with van der Waals surface area (Å²) in [6, 6.07) is 0.252. The summed E-state index contributed by atoms with van der Waals surface area (Å²) in [5.41, 5.74) is 0. The minimum atomic E-state index is 0.0342. The quantitative estimate of drug-likeness (QED) is 0.611. The van der Waals surface area contributed by atoms with Gasteiger partial charge in [0.2, 0.25) is 5.91 Å². The van der Waals surface area contributed by atoms with E-state index in [9.17, 15) is 4.79 Å². The Morgan fingerprint density at radius 3 is 2.44 bits per heavy atom. The van der Waals surface area contributed by atoms with E-state index in [1.54, 1.807) is 12.0 Å². The summed E-state index contributed by atoms with van der Waals surface area (Å²) >= 11 is 0. The highest BCUT2D eigenvalue weighted by molar-refractivity contribution is 5.76. The lowest BCUT2D eigenvalue weighted by molar-refractivity contribution is -0.134. The van der Waals surface area contributed by atoms with Crippen molar-refractivity contribution in [3.05, 3.63) is 0 Å². The van der Waals surface area contributed by atoms with Crippen molar-refractivity contribution in [3.8, 4) is 0 Å². The third-order valence-electron chi connectivity index (χ3n) is 2.78. The Kier molecular flexibility index (Phi) is 9.24. The van der Waals surface area contributed by atoms with E-state index in [0.29, 0.717) is 19.6 Å². The van der Waals surface area contributed by atoms with Gasteiger partial charge in [-0.3, -0.25) is 4.79 Å². The molecule has 96 valence electrons. The summed E-state index contributed by atoms with van der Waals surface area (Å²) < 4.78 is 4.92. The van der Waals surface area contributed by atoms with Crippen LogP contribution in [0, 0.1) is 0 Å². The largest absolute Gasteiger partial charge is 0.395 e. The highest BCUT2D eigenvalue weighted by Gasteiger charge is 2.19. The Balaban J connectivity index is 4.21. The summed E-state index contributed by atoms with van der Waals surface area (Å²) in [4.78, 5) is 13.7. The van der Waals surface area contributed by atoms with Crippen LogP contribution >= 0.6 is 0 Å². The zero-order chi connectivity index (χ0) is 12.4.